The Morgan fingerprint density at radius 2 is 1.75 bits per heavy atom. The lowest BCUT2D eigenvalue weighted by Crippen LogP contribution is -2.07. The second-order valence-corrected chi connectivity index (χ2v) is 6.88. The van der Waals surface area contributed by atoms with Crippen LogP contribution in [0.15, 0.2) is 39.5 Å². The molecular weight excluding hydrogens is 360 g/mol. The standard InChI is InChI=1S/C22H22O6/c1-12-5-14(6-13(2)22(12)27-11-16-10-26-16)18-9-17(23)21-19(25-4)7-15(24-3)8-20(21)28-18/h5-9,16H,10-11H2,1-4H3. The summed E-state index contributed by atoms with van der Waals surface area (Å²) in [6, 6.07) is 8.76. The SMILES string of the molecule is COc1cc(OC)c2c(=O)cc(-c3cc(C)c(OCC4CO4)c(C)c3)oc2c1. The smallest absolute Gasteiger partial charge is 0.197 e. The maximum atomic E-state index is 12.8. The molecular formula is C22H22O6. The van der Waals surface area contributed by atoms with Crippen molar-refractivity contribution in [2.45, 2.75) is 20.0 Å². The van der Waals surface area contributed by atoms with E-state index in [4.69, 9.17) is 23.4 Å². The van der Waals surface area contributed by atoms with Crippen LogP contribution in [0.3, 0.4) is 0 Å². The molecule has 1 aliphatic rings. The van der Waals surface area contributed by atoms with Crippen LogP contribution in [0.2, 0.25) is 0 Å². The molecule has 1 saturated heterocycles. The Balaban J connectivity index is 1.79. The highest BCUT2D eigenvalue weighted by Gasteiger charge is 2.24. The van der Waals surface area contributed by atoms with Gasteiger partial charge in [0.05, 0.1) is 20.8 Å². The second-order valence-electron chi connectivity index (χ2n) is 6.88. The average molecular weight is 382 g/mol. The van der Waals surface area contributed by atoms with Gasteiger partial charge in [-0.2, -0.15) is 0 Å². The topological polar surface area (TPSA) is 70.4 Å². The lowest BCUT2D eigenvalue weighted by Gasteiger charge is -2.14. The van der Waals surface area contributed by atoms with E-state index in [0.29, 0.717) is 34.8 Å². The van der Waals surface area contributed by atoms with Crippen LogP contribution in [-0.4, -0.2) is 33.5 Å². The van der Waals surface area contributed by atoms with Crippen molar-refractivity contribution in [2.75, 3.05) is 27.4 Å². The van der Waals surface area contributed by atoms with Gasteiger partial charge in [0, 0.05) is 23.8 Å². The maximum Gasteiger partial charge on any atom is 0.197 e. The van der Waals surface area contributed by atoms with Gasteiger partial charge in [-0.3, -0.25) is 4.79 Å². The lowest BCUT2D eigenvalue weighted by molar-refractivity contribution is 0.260. The van der Waals surface area contributed by atoms with Gasteiger partial charge < -0.3 is 23.4 Å². The highest BCUT2D eigenvalue weighted by Crippen LogP contribution is 2.34. The molecule has 3 aromatic rings. The Bertz CT molecular complexity index is 1070. The van der Waals surface area contributed by atoms with E-state index in [1.54, 1.807) is 19.2 Å². The summed E-state index contributed by atoms with van der Waals surface area (Å²) in [5, 5.41) is 0.393. The monoisotopic (exact) mass is 382 g/mol. The first-order chi connectivity index (χ1) is 13.5. The molecule has 1 aliphatic heterocycles. The summed E-state index contributed by atoms with van der Waals surface area (Å²) in [4.78, 5) is 12.8. The predicted molar refractivity (Wildman–Crippen MR) is 106 cm³/mol. The summed E-state index contributed by atoms with van der Waals surface area (Å²) in [5.41, 5.74) is 3.01. The second kappa shape index (κ2) is 7.20. The number of benzene rings is 2. The Hall–Kier alpha value is -2.99. The van der Waals surface area contributed by atoms with Crippen LogP contribution in [0.1, 0.15) is 11.1 Å². The van der Waals surface area contributed by atoms with Crippen LogP contribution in [0.4, 0.5) is 0 Å². The number of hydrogen-bond acceptors (Lipinski definition) is 6. The highest BCUT2D eigenvalue weighted by atomic mass is 16.6. The molecule has 1 fully saturated rings. The van der Waals surface area contributed by atoms with E-state index < -0.39 is 0 Å². The molecule has 2 heterocycles. The molecule has 146 valence electrons. The Kier molecular flexibility index (Phi) is 4.73. The van der Waals surface area contributed by atoms with E-state index >= 15 is 0 Å². The fourth-order valence-corrected chi connectivity index (χ4v) is 3.31. The average Bonchev–Trinajstić information content (AvgIpc) is 3.50. The zero-order chi connectivity index (χ0) is 19.8. The summed E-state index contributed by atoms with van der Waals surface area (Å²) in [6.07, 6.45) is 0.196. The summed E-state index contributed by atoms with van der Waals surface area (Å²) in [6.45, 7) is 5.26. The van der Waals surface area contributed by atoms with Crippen LogP contribution >= 0.6 is 0 Å². The van der Waals surface area contributed by atoms with E-state index in [9.17, 15) is 4.79 Å². The largest absolute Gasteiger partial charge is 0.496 e. The number of fused-ring (bicyclic) bond motifs is 1. The minimum absolute atomic E-state index is 0.169. The molecule has 0 radical (unpaired) electrons. The van der Waals surface area contributed by atoms with Crippen LogP contribution in [0.5, 0.6) is 17.2 Å². The molecule has 0 N–H and O–H groups in total. The minimum Gasteiger partial charge on any atom is -0.496 e. The quantitative estimate of drug-likeness (QED) is 0.603. The Morgan fingerprint density at radius 1 is 1.04 bits per heavy atom. The van der Waals surface area contributed by atoms with Crippen molar-refractivity contribution in [3.05, 3.63) is 51.7 Å². The van der Waals surface area contributed by atoms with Gasteiger partial charge in [0.25, 0.3) is 0 Å². The molecule has 4 rings (SSSR count). The fraction of sp³-hybridized carbons (Fsp3) is 0.318. The molecule has 0 spiro atoms. The first-order valence-electron chi connectivity index (χ1n) is 9.06. The van der Waals surface area contributed by atoms with Crippen molar-refractivity contribution in [3.8, 4) is 28.6 Å². The first-order valence-corrected chi connectivity index (χ1v) is 9.06. The van der Waals surface area contributed by atoms with E-state index in [-0.39, 0.29) is 11.5 Å². The van der Waals surface area contributed by atoms with Gasteiger partial charge in [0.2, 0.25) is 0 Å². The normalized spacial score (nSPS) is 15.5. The van der Waals surface area contributed by atoms with Crippen molar-refractivity contribution in [2.24, 2.45) is 0 Å². The van der Waals surface area contributed by atoms with Crippen LogP contribution in [0, 0.1) is 13.8 Å². The third-order valence-corrected chi connectivity index (χ3v) is 4.78. The van der Waals surface area contributed by atoms with Gasteiger partial charge in [-0.05, 0) is 37.1 Å². The summed E-state index contributed by atoms with van der Waals surface area (Å²) >= 11 is 0. The molecule has 0 bridgehead atoms. The van der Waals surface area contributed by atoms with Gasteiger partial charge in [-0.25, -0.2) is 0 Å². The van der Waals surface area contributed by atoms with Crippen molar-refractivity contribution in [1.29, 1.82) is 0 Å². The summed E-state index contributed by atoms with van der Waals surface area (Å²) in [5.74, 6) is 2.30. The fourth-order valence-electron chi connectivity index (χ4n) is 3.31. The van der Waals surface area contributed by atoms with Crippen molar-refractivity contribution >= 4 is 11.0 Å². The highest BCUT2D eigenvalue weighted by molar-refractivity contribution is 5.86. The number of rotatable bonds is 6. The summed E-state index contributed by atoms with van der Waals surface area (Å²) < 4.78 is 27.8. The zero-order valence-corrected chi connectivity index (χ0v) is 16.3. The number of aryl methyl sites for hydroxylation is 2. The van der Waals surface area contributed by atoms with Crippen LogP contribution in [-0.2, 0) is 4.74 Å². The summed E-state index contributed by atoms with van der Waals surface area (Å²) in [7, 11) is 3.07. The van der Waals surface area contributed by atoms with Gasteiger partial charge in [-0.1, -0.05) is 0 Å². The Morgan fingerprint density at radius 3 is 2.36 bits per heavy atom. The minimum atomic E-state index is -0.169. The molecule has 0 amide bonds. The Labute approximate surface area is 162 Å². The van der Waals surface area contributed by atoms with Crippen molar-refractivity contribution < 1.29 is 23.4 Å². The van der Waals surface area contributed by atoms with Gasteiger partial charge in [0.1, 0.15) is 46.7 Å². The first kappa shape index (κ1) is 18.4. The predicted octanol–water partition coefficient (Wildman–Crippen LogP) is 3.87. The van der Waals surface area contributed by atoms with Gasteiger partial charge in [-0.15, -0.1) is 0 Å². The molecule has 0 saturated carbocycles. The molecule has 2 aromatic carbocycles. The maximum absolute atomic E-state index is 12.8. The van der Waals surface area contributed by atoms with E-state index in [0.717, 1.165) is 29.0 Å². The van der Waals surface area contributed by atoms with E-state index in [1.165, 1.54) is 13.2 Å². The van der Waals surface area contributed by atoms with Crippen molar-refractivity contribution in [1.82, 2.24) is 0 Å². The van der Waals surface area contributed by atoms with Gasteiger partial charge >= 0.3 is 0 Å². The number of ether oxygens (including phenoxy) is 4. The lowest BCUT2D eigenvalue weighted by atomic mass is 10.0. The molecule has 6 heteroatoms. The molecule has 6 nitrogen and oxygen atoms in total. The van der Waals surface area contributed by atoms with E-state index in [1.807, 2.05) is 26.0 Å². The van der Waals surface area contributed by atoms with E-state index in [2.05, 4.69) is 0 Å². The molecule has 1 unspecified atom stereocenters. The third-order valence-electron chi connectivity index (χ3n) is 4.78. The molecule has 28 heavy (non-hydrogen) atoms. The van der Waals surface area contributed by atoms with Gasteiger partial charge in [0.15, 0.2) is 5.43 Å². The third kappa shape index (κ3) is 3.43. The molecule has 1 atom stereocenters. The number of hydrogen-bond donors (Lipinski definition) is 0. The number of methoxy groups -OCH3 is 2. The molecule has 0 aliphatic carbocycles. The zero-order valence-electron chi connectivity index (χ0n) is 16.3. The van der Waals surface area contributed by atoms with Crippen molar-refractivity contribution in [3.63, 3.8) is 0 Å². The van der Waals surface area contributed by atoms with Crippen LogP contribution in [0.25, 0.3) is 22.3 Å². The number of epoxide rings is 1. The molecule has 1 aromatic heterocycles. The van der Waals surface area contributed by atoms with Crippen LogP contribution < -0.4 is 19.6 Å².